The number of nitrogens with two attached hydrogens (primary N) is 1. The zero-order valence-electron chi connectivity index (χ0n) is 12.0. The van der Waals surface area contributed by atoms with Gasteiger partial charge in [-0.1, -0.05) is 25.0 Å². The Balaban J connectivity index is 2.04. The number of nitro groups is 1. The quantitative estimate of drug-likeness (QED) is 0.663. The van der Waals surface area contributed by atoms with E-state index in [1.165, 1.54) is 31.7 Å². The minimum atomic E-state index is -0.340. The Bertz CT molecular complexity index is 464. The third kappa shape index (κ3) is 3.55. The first-order chi connectivity index (χ1) is 9.61. The van der Waals surface area contributed by atoms with Gasteiger partial charge in [-0.2, -0.15) is 0 Å². The van der Waals surface area contributed by atoms with Crippen LogP contribution in [0.3, 0.4) is 0 Å². The van der Waals surface area contributed by atoms with Crippen LogP contribution in [0.1, 0.15) is 31.2 Å². The molecule has 0 spiro atoms. The third-order valence-corrected chi connectivity index (χ3v) is 4.29. The lowest BCUT2D eigenvalue weighted by Gasteiger charge is -2.37. The summed E-state index contributed by atoms with van der Waals surface area (Å²) in [6.45, 7) is 1.47. The molecule has 0 aliphatic heterocycles. The van der Waals surface area contributed by atoms with Crippen molar-refractivity contribution in [3.8, 4) is 0 Å². The highest BCUT2D eigenvalue weighted by Gasteiger charge is 2.27. The van der Waals surface area contributed by atoms with E-state index in [2.05, 4.69) is 11.9 Å². The molecule has 1 fully saturated rings. The molecule has 1 aromatic carbocycles. The lowest BCUT2D eigenvalue weighted by Crippen LogP contribution is -2.42. The van der Waals surface area contributed by atoms with Crippen LogP contribution in [0, 0.1) is 16.0 Å². The minimum absolute atomic E-state index is 0.162. The molecular weight excluding hydrogens is 254 g/mol. The molecule has 20 heavy (non-hydrogen) atoms. The van der Waals surface area contributed by atoms with Gasteiger partial charge in [0.25, 0.3) is 5.69 Å². The molecule has 5 heteroatoms. The lowest BCUT2D eigenvalue weighted by molar-refractivity contribution is -0.384. The second-order valence-electron chi connectivity index (χ2n) is 5.69. The van der Waals surface area contributed by atoms with Crippen LogP contribution in [0.5, 0.6) is 0 Å². The maximum atomic E-state index is 10.8. The molecule has 110 valence electrons. The van der Waals surface area contributed by atoms with Crippen LogP contribution in [0.15, 0.2) is 24.3 Å². The molecule has 0 bridgehead atoms. The van der Waals surface area contributed by atoms with E-state index in [4.69, 9.17) is 5.73 Å². The average molecular weight is 277 g/mol. The molecule has 2 unspecified atom stereocenters. The van der Waals surface area contributed by atoms with E-state index in [0.717, 1.165) is 18.7 Å². The number of nitrogens with zero attached hydrogens (tertiary/aromatic N) is 2. The van der Waals surface area contributed by atoms with Crippen molar-refractivity contribution in [2.24, 2.45) is 11.7 Å². The topological polar surface area (TPSA) is 72.4 Å². The van der Waals surface area contributed by atoms with Gasteiger partial charge in [-0.3, -0.25) is 15.0 Å². The molecule has 1 aliphatic rings. The number of rotatable bonds is 5. The fraction of sp³-hybridized carbons (Fsp3) is 0.600. The van der Waals surface area contributed by atoms with E-state index in [1.54, 1.807) is 12.1 Å². The number of hydrogen-bond acceptors (Lipinski definition) is 4. The van der Waals surface area contributed by atoms with Crippen molar-refractivity contribution in [2.75, 3.05) is 13.6 Å². The van der Waals surface area contributed by atoms with E-state index in [-0.39, 0.29) is 10.6 Å². The van der Waals surface area contributed by atoms with Crippen LogP contribution in [0.2, 0.25) is 0 Å². The van der Waals surface area contributed by atoms with Gasteiger partial charge in [0, 0.05) is 24.7 Å². The van der Waals surface area contributed by atoms with E-state index >= 15 is 0 Å². The van der Waals surface area contributed by atoms with Gasteiger partial charge in [-0.05, 0) is 37.9 Å². The van der Waals surface area contributed by atoms with E-state index < -0.39 is 0 Å². The maximum absolute atomic E-state index is 10.8. The van der Waals surface area contributed by atoms with Gasteiger partial charge < -0.3 is 5.73 Å². The van der Waals surface area contributed by atoms with Crippen LogP contribution in [0.4, 0.5) is 5.69 Å². The summed E-state index contributed by atoms with van der Waals surface area (Å²) in [5, 5.41) is 10.8. The normalized spacial score (nSPS) is 22.9. The van der Waals surface area contributed by atoms with Gasteiger partial charge in [0.2, 0.25) is 0 Å². The Kier molecular flexibility index (Phi) is 5.09. The molecule has 0 heterocycles. The average Bonchev–Trinajstić information content (AvgIpc) is 2.47. The summed E-state index contributed by atoms with van der Waals surface area (Å²) in [6, 6.07) is 7.39. The van der Waals surface area contributed by atoms with Gasteiger partial charge in [-0.15, -0.1) is 0 Å². The zero-order valence-corrected chi connectivity index (χ0v) is 12.0. The standard InChI is InChI=1S/C15H23N3O2/c1-17(15-8-3-2-6-13(15)10-16)11-12-5-4-7-14(9-12)18(19)20/h4-5,7,9,13,15H,2-3,6,8,10-11,16H2,1H3. The molecule has 2 atom stereocenters. The van der Waals surface area contributed by atoms with Crippen molar-refractivity contribution in [3.63, 3.8) is 0 Å². The highest BCUT2D eigenvalue weighted by Crippen LogP contribution is 2.28. The summed E-state index contributed by atoms with van der Waals surface area (Å²) < 4.78 is 0. The Morgan fingerprint density at radius 1 is 1.40 bits per heavy atom. The summed E-state index contributed by atoms with van der Waals surface area (Å²) in [7, 11) is 2.09. The van der Waals surface area contributed by atoms with Crippen molar-refractivity contribution in [1.82, 2.24) is 4.90 Å². The van der Waals surface area contributed by atoms with Gasteiger partial charge in [0.05, 0.1) is 4.92 Å². The van der Waals surface area contributed by atoms with E-state index in [9.17, 15) is 10.1 Å². The summed E-state index contributed by atoms with van der Waals surface area (Å²) in [6.07, 6.45) is 4.89. The molecule has 1 saturated carbocycles. The molecule has 1 aromatic rings. The van der Waals surface area contributed by atoms with Crippen LogP contribution in [-0.4, -0.2) is 29.5 Å². The number of non-ortho nitro benzene ring substituents is 1. The summed E-state index contributed by atoms with van der Waals surface area (Å²) in [5.41, 5.74) is 7.02. The van der Waals surface area contributed by atoms with Crippen molar-refractivity contribution < 1.29 is 4.92 Å². The predicted octanol–water partition coefficient (Wildman–Crippen LogP) is 2.54. The number of benzene rings is 1. The van der Waals surface area contributed by atoms with Crippen LogP contribution in [0.25, 0.3) is 0 Å². The van der Waals surface area contributed by atoms with Gasteiger partial charge in [0.15, 0.2) is 0 Å². The third-order valence-electron chi connectivity index (χ3n) is 4.29. The number of nitro benzene ring substituents is 1. The smallest absolute Gasteiger partial charge is 0.269 e. The van der Waals surface area contributed by atoms with Crippen LogP contribution < -0.4 is 5.73 Å². The molecular formula is C15H23N3O2. The Labute approximate surface area is 119 Å². The monoisotopic (exact) mass is 277 g/mol. The fourth-order valence-corrected chi connectivity index (χ4v) is 3.22. The summed E-state index contributed by atoms with van der Waals surface area (Å²) in [4.78, 5) is 12.8. The highest BCUT2D eigenvalue weighted by atomic mass is 16.6. The molecule has 0 aromatic heterocycles. The zero-order chi connectivity index (χ0) is 14.5. The van der Waals surface area contributed by atoms with Crippen molar-refractivity contribution in [3.05, 3.63) is 39.9 Å². The van der Waals surface area contributed by atoms with Crippen molar-refractivity contribution in [1.29, 1.82) is 0 Å². The molecule has 2 rings (SSSR count). The first kappa shape index (κ1) is 14.9. The summed E-state index contributed by atoms with van der Waals surface area (Å²) >= 11 is 0. The van der Waals surface area contributed by atoms with E-state index in [0.29, 0.717) is 12.0 Å². The molecule has 2 N–H and O–H groups in total. The second kappa shape index (κ2) is 6.81. The number of hydrogen-bond donors (Lipinski definition) is 1. The first-order valence-corrected chi connectivity index (χ1v) is 7.25. The molecule has 0 amide bonds. The molecule has 0 saturated heterocycles. The van der Waals surface area contributed by atoms with Gasteiger partial charge >= 0.3 is 0 Å². The molecule has 1 aliphatic carbocycles. The molecule has 5 nitrogen and oxygen atoms in total. The summed E-state index contributed by atoms with van der Waals surface area (Å²) in [5.74, 6) is 0.549. The molecule has 0 radical (unpaired) electrons. The van der Waals surface area contributed by atoms with Crippen molar-refractivity contribution in [2.45, 2.75) is 38.3 Å². The minimum Gasteiger partial charge on any atom is -0.330 e. The van der Waals surface area contributed by atoms with E-state index in [1.807, 2.05) is 6.07 Å². The Hall–Kier alpha value is -1.46. The predicted molar refractivity (Wildman–Crippen MR) is 79.4 cm³/mol. The lowest BCUT2D eigenvalue weighted by atomic mass is 9.83. The van der Waals surface area contributed by atoms with Gasteiger partial charge in [0.1, 0.15) is 0 Å². The largest absolute Gasteiger partial charge is 0.330 e. The fourth-order valence-electron chi connectivity index (χ4n) is 3.22. The highest BCUT2D eigenvalue weighted by molar-refractivity contribution is 5.34. The van der Waals surface area contributed by atoms with Crippen LogP contribution >= 0.6 is 0 Å². The second-order valence-corrected chi connectivity index (χ2v) is 5.69. The maximum Gasteiger partial charge on any atom is 0.269 e. The first-order valence-electron chi connectivity index (χ1n) is 7.25. The SMILES string of the molecule is CN(Cc1cccc([N+](=O)[O-])c1)C1CCCCC1CN. The van der Waals surface area contributed by atoms with Crippen LogP contribution in [-0.2, 0) is 6.54 Å². The Morgan fingerprint density at radius 2 is 2.15 bits per heavy atom. The Morgan fingerprint density at radius 3 is 2.85 bits per heavy atom. The van der Waals surface area contributed by atoms with Crippen molar-refractivity contribution >= 4 is 5.69 Å². The van der Waals surface area contributed by atoms with Gasteiger partial charge in [-0.25, -0.2) is 0 Å².